The van der Waals surface area contributed by atoms with Gasteiger partial charge in [-0.2, -0.15) is 0 Å². The maximum absolute atomic E-state index is 11.0. The van der Waals surface area contributed by atoms with E-state index in [9.17, 15) is 4.79 Å². The van der Waals surface area contributed by atoms with E-state index in [2.05, 4.69) is 9.97 Å². The number of hydrogen-bond acceptors (Lipinski definition) is 4. The summed E-state index contributed by atoms with van der Waals surface area (Å²) in [5, 5.41) is 1.86. The van der Waals surface area contributed by atoms with Crippen molar-refractivity contribution < 1.29 is 4.42 Å². The molecular formula is C10H5ClN2O2S. The molecule has 0 fully saturated rings. The number of hydrogen-bond donors (Lipinski definition) is 1. The Morgan fingerprint density at radius 3 is 3.06 bits per heavy atom. The molecule has 0 saturated heterocycles. The molecule has 3 aromatic rings. The zero-order valence-electron chi connectivity index (χ0n) is 7.86. The van der Waals surface area contributed by atoms with Gasteiger partial charge in [0.05, 0.1) is 11.2 Å². The highest BCUT2D eigenvalue weighted by atomic mass is 35.5. The van der Waals surface area contributed by atoms with Crippen LogP contribution in [-0.2, 0) is 0 Å². The number of benzene rings is 1. The normalized spacial score (nSPS) is 11.1. The SMILES string of the molecule is O=c1[nH]c2ccc(-c3csc(Cl)n3)cc2o1. The smallest absolute Gasteiger partial charge is 0.408 e. The lowest BCUT2D eigenvalue weighted by atomic mass is 10.1. The number of aromatic amines is 1. The van der Waals surface area contributed by atoms with Crippen molar-refractivity contribution in [1.29, 1.82) is 0 Å². The summed E-state index contributed by atoms with van der Waals surface area (Å²) >= 11 is 7.12. The van der Waals surface area contributed by atoms with Crippen LogP contribution in [0.1, 0.15) is 0 Å². The van der Waals surface area contributed by atoms with E-state index in [1.54, 1.807) is 12.1 Å². The second-order valence-electron chi connectivity index (χ2n) is 3.21. The maximum Gasteiger partial charge on any atom is 0.417 e. The van der Waals surface area contributed by atoms with Crippen molar-refractivity contribution in [3.63, 3.8) is 0 Å². The third-order valence-corrected chi connectivity index (χ3v) is 3.17. The van der Waals surface area contributed by atoms with Crippen molar-refractivity contribution in [2.24, 2.45) is 0 Å². The fraction of sp³-hybridized carbons (Fsp3) is 0. The van der Waals surface area contributed by atoms with Crippen LogP contribution in [0.4, 0.5) is 0 Å². The van der Waals surface area contributed by atoms with Crippen LogP contribution in [0.5, 0.6) is 0 Å². The zero-order valence-corrected chi connectivity index (χ0v) is 9.43. The third kappa shape index (κ3) is 1.54. The number of aromatic nitrogens is 2. The highest BCUT2D eigenvalue weighted by Crippen LogP contribution is 2.26. The van der Waals surface area contributed by atoms with Gasteiger partial charge in [0, 0.05) is 10.9 Å². The number of thiazole rings is 1. The predicted octanol–water partition coefficient (Wildman–Crippen LogP) is 2.90. The summed E-state index contributed by atoms with van der Waals surface area (Å²) in [5.41, 5.74) is 2.85. The van der Waals surface area contributed by atoms with Crippen molar-refractivity contribution >= 4 is 34.0 Å². The van der Waals surface area contributed by atoms with Gasteiger partial charge in [0.15, 0.2) is 10.0 Å². The largest absolute Gasteiger partial charge is 0.417 e. The number of nitrogens with one attached hydrogen (secondary N) is 1. The van der Waals surface area contributed by atoms with Gasteiger partial charge < -0.3 is 4.42 Å². The van der Waals surface area contributed by atoms with E-state index in [4.69, 9.17) is 16.0 Å². The summed E-state index contributed by atoms with van der Waals surface area (Å²) in [4.78, 5) is 17.7. The molecular weight excluding hydrogens is 248 g/mol. The fourth-order valence-electron chi connectivity index (χ4n) is 1.49. The molecule has 1 N–H and O–H groups in total. The summed E-state index contributed by atoms with van der Waals surface area (Å²) in [5.74, 6) is -0.455. The minimum atomic E-state index is -0.455. The Bertz CT molecular complexity index is 713. The van der Waals surface area contributed by atoms with Gasteiger partial charge in [-0.3, -0.25) is 4.98 Å². The third-order valence-electron chi connectivity index (χ3n) is 2.19. The molecule has 16 heavy (non-hydrogen) atoms. The second-order valence-corrected chi connectivity index (χ2v) is 4.65. The fourth-order valence-corrected chi connectivity index (χ4v) is 2.26. The number of rotatable bonds is 1. The number of H-pyrrole nitrogens is 1. The van der Waals surface area contributed by atoms with Crippen molar-refractivity contribution in [3.05, 3.63) is 38.6 Å². The molecule has 4 nitrogen and oxygen atoms in total. The molecule has 0 radical (unpaired) electrons. The molecule has 6 heteroatoms. The highest BCUT2D eigenvalue weighted by molar-refractivity contribution is 7.14. The first-order valence-corrected chi connectivity index (χ1v) is 5.72. The number of oxazole rings is 1. The van der Waals surface area contributed by atoms with E-state index >= 15 is 0 Å². The van der Waals surface area contributed by atoms with E-state index in [1.165, 1.54) is 11.3 Å². The summed E-state index contributed by atoms with van der Waals surface area (Å²) in [6.07, 6.45) is 0. The van der Waals surface area contributed by atoms with Crippen molar-refractivity contribution in [1.82, 2.24) is 9.97 Å². The van der Waals surface area contributed by atoms with Gasteiger partial charge in [-0.25, -0.2) is 9.78 Å². The molecule has 1 aromatic carbocycles. The second kappa shape index (κ2) is 3.47. The van der Waals surface area contributed by atoms with Crippen LogP contribution < -0.4 is 5.76 Å². The van der Waals surface area contributed by atoms with E-state index < -0.39 is 5.76 Å². The predicted molar refractivity (Wildman–Crippen MR) is 63.0 cm³/mol. The average molecular weight is 253 g/mol. The number of nitrogens with zero attached hydrogens (tertiary/aromatic N) is 1. The van der Waals surface area contributed by atoms with Crippen molar-refractivity contribution in [2.75, 3.05) is 0 Å². The van der Waals surface area contributed by atoms with Gasteiger partial charge in [0.1, 0.15) is 0 Å². The van der Waals surface area contributed by atoms with E-state index in [-0.39, 0.29) is 0 Å². The van der Waals surface area contributed by atoms with Crippen LogP contribution in [0.25, 0.3) is 22.4 Å². The average Bonchev–Trinajstić information content (AvgIpc) is 2.81. The van der Waals surface area contributed by atoms with Gasteiger partial charge in [-0.05, 0) is 12.1 Å². The van der Waals surface area contributed by atoms with Crippen LogP contribution in [0.3, 0.4) is 0 Å². The molecule has 3 rings (SSSR count). The Morgan fingerprint density at radius 2 is 2.31 bits per heavy atom. The molecule has 0 aliphatic carbocycles. The van der Waals surface area contributed by atoms with Crippen LogP contribution in [0, 0.1) is 0 Å². The lowest BCUT2D eigenvalue weighted by Crippen LogP contribution is -1.92. The quantitative estimate of drug-likeness (QED) is 0.724. The number of halogens is 1. The van der Waals surface area contributed by atoms with E-state index in [0.29, 0.717) is 15.6 Å². The van der Waals surface area contributed by atoms with E-state index in [0.717, 1.165) is 11.3 Å². The molecule has 0 spiro atoms. The molecule has 0 bridgehead atoms. The lowest BCUT2D eigenvalue weighted by molar-refractivity contribution is 0.555. The molecule has 0 unspecified atom stereocenters. The molecule has 2 aromatic heterocycles. The summed E-state index contributed by atoms with van der Waals surface area (Å²) in [6.45, 7) is 0. The molecule has 0 aliphatic heterocycles. The maximum atomic E-state index is 11.0. The first-order valence-electron chi connectivity index (χ1n) is 4.47. The lowest BCUT2D eigenvalue weighted by Gasteiger charge is -1.94. The molecule has 0 saturated carbocycles. The molecule has 80 valence electrons. The Balaban J connectivity index is 2.21. The summed E-state index contributed by atoms with van der Waals surface area (Å²) < 4.78 is 5.46. The molecule has 2 heterocycles. The number of fused-ring (bicyclic) bond motifs is 1. The highest BCUT2D eigenvalue weighted by Gasteiger charge is 2.06. The van der Waals surface area contributed by atoms with Gasteiger partial charge in [-0.15, -0.1) is 11.3 Å². The van der Waals surface area contributed by atoms with Crippen molar-refractivity contribution in [3.8, 4) is 11.3 Å². The monoisotopic (exact) mass is 252 g/mol. The Morgan fingerprint density at radius 1 is 1.44 bits per heavy atom. The van der Waals surface area contributed by atoms with Gasteiger partial charge in [0.25, 0.3) is 0 Å². The van der Waals surface area contributed by atoms with Crippen molar-refractivity contribution in [2.45, 2.75) is 0 Å². The van der Waals surface area contributed by atoms with Crippen LogP contribution >= 0.6 is 22.9 Å². The first-order chi connectivity index (χ1) is 7.72. The molecule has 0 amide bonds. The van der Waals surface area contributed by atoms with E-state index in [1.807, 2.05) is 11.4 Å². The molecule has 0 aliphatic rings. The minimum Gasteiger partial charge on any atom is -0.408 e. The Hall–Kier alpha value is -1.59. The Kier molecular flexibility index (Phi) is 2.08. The van der Waals surface area contributed by atoms with Gasteiger partial charge in [0.2, 0.25) is 0 Å². The topological polar surface area (TPSA) is 58.9 Å². The molecule has 0 atom stereocenters. The summed E-state index contributed by atoms with van der Waals surface area (Å²) in [6, 6.07) is 5.40. The van der Waals surface area contributed by atoms with Gasteiger partial charge in [-0.1, -0.05) is 17.7 Å². The Labute approximate surface area is 98.5 Å². The summed E-state index contributed by atoms with van der Waals surface area (Å²) in [7, 11) is 0. The van der Waals surface area contributed by atoms with Crippen LogP contribution in [0.15, 0.2) is 32.8 Å². The van der Waals surface area contributed by atoms with Crippen LogP contribution in [0.2, 0.25) is 4.47 Å². The first kappa shape index (κ1) is 9.62. The van der Waals surface area contributed by atoms with Crippen LogP contribution in [-0.4, -0.2) is 9.97 Å². The van der Waals surface area contributed by atoms with Gasteiger partial charge >= 0.3 is 5.76 Å². The standard InChI is InChI=1S/C10H5ClN2O2S/c11-9-12-7(4-16-9)5-1-2-6-8(3-5)15-10(14)13-6/h1-4H,(H,13,14). The minimum absolute atomic E-state index is 0.455. The zero-order chi connectivity index (χ0) is 11.1.